The molecule has 0 aliphatic rings. The van der Waals surface area contributed by atoms with Crippen molar-refractivity contribution in [3.05, 3.63) is 54.1 Å². The van der Waals surface area contributed by atoms with E-state index in [4.69, 9.17) is 6.42 Å². The second kappa shape index (κ2) is 3.93. The monoisotopic (exact) mass is 197 g/mol. The molecule has 72 valence electrons. The van der Waals surface area contributed by atoms with E-state index in [2.05, 4.69) is 10.9 Å². The van der Waals surface area contributed by atoms with Gasteiger partial charge in [0.15, 0.2) is 0 Å². The molecule has 2 heteroatoms. The summed E-state index contributed by atoms with van der Waals surface area (Å²) in [6.07, 6.45) is 8.52. The van der Waals surface area contributed by atoms with Crippen LogP contribution in [0.3, 0.4) is 0 Å². The maximum Gasteiger partial charge on any atom is 0.123 e. The molecular weight excluding hydrogens is 189 g/mol. The number of nitrogens with zero attached hydrogens (tertiary/aromatic N) is 1. The first-order valence-corrected chi connectivity index (χ1v) is 4.47. The van der Waals surface area contributed by atoms with Crippen molar-refractivity contribution in [2.24, 2.45) is 0 Å². The summed E-state index contributed by atoms with van der Waals surface area (Å²) in [7, 11) is 0. The zero-order valence-electron chi connectivity index (χ0n) is 7.94. The van der Waals surface area contributed by atoms with Gasteiger partial charge in [-0.2, -0.15) is 0 Å². The lowest BCUT2D eigenvalue weighted by Gasteiger charge is -2.01. The SMILES string of the molecule is C#Cc1cncc(-c2cccc(F)c2)c1. The van der Waals surface area contributed by atoms with Gasteiger partial charge in [-0.25, -0.2) is 4.39 Å². The highest BCUT2D eigenvalue weighted by molar-refractivity contribution is 5.64. The zero-order chi connectivity index (χ0) is 10.7. The van der Waals surface area contributed by atoms with Gasteiger partial charge in [-0.3, -0.25) is 4.98 Å². The Kier molecular flexibility index (Phi) is 2.47. The number of benzene rings is 1. The number of hydrogen-bond acceptors (Lipinski definition) is 1. The van der Waals surface area contributed by atoms with Gasteiger partial charge in [-0.1, -0.05) is 18.1 Å². The summed E-state index contributed by atoms with van der Waals surface area (Å²) in [6, 6.07) is 8.15. The summed E-state index contributed by atoms with van der Waals surface area (Å²) in [4.78, 5) is 4.00. The average Bonchev–Trinajstić information content (AvgIpc) is 2.29. The van der Waals surface area contributed by atoms with Gasteiger partial charge in [0.2, 0.25) is 0 Å². The summed E-state index contributed by atoms with van der Waals surface area (Å²) >= 11 is 0. The van der Waals surface area contributed by atoms with E-state index < -0.39 is 0 Å². The van der Waals surface area contributed by atoms with Crippen LogP contribution in [0.25, 0.3) is 11.1 Å². The minimum atomic E-state index is -0.265. The van der Waals surface area contributed by atoms with E-state index in [0.29, 0.717) is 5.56 Å². The van der Waals surface area contributed by atoms with E-state index in [1.54, 1.807) is 18.5 Å². The van der Waals surface area contributed by atoms with Crippen molar-refractivity contribution in [1.29, 1.82) is 0 Å². The Morgan fingerprint density at radius 2 is 2.00 bits per heavy atom. The van der Waals surface area contributed by atoms with Crippen molar-refractivity contribution in [1.82, 2.24) is 4.98 Å². The van der Waals surface area contributed by atoms with Crippen LogP contribution in [0.1, 0.15) is 5.56 Å². The molecule has 0 saturated carbocycles. The Hall–Kier alpha value is -2.14. The predicted octanol–water partition coefficient (Wildman–Crippen LogP) is 2.87. The largest absolute Gasteiger partial charge is 0.263 e. The quantitative estimate of drug-likeness (QED) is 0.640. The van der Waals surface area contributed by atoms with Crippen molar-refractivity contribution in [3.63, 3.8) is 0 Å². The molecule has 0 aliphatic carbocycles. The second-order valence-electron chi connectivity index (χ2n) is 3.12. The normalized spacial score (nSPS) is 9.60. The summed E-state index contributed by atoms with van der Waals surface area (Å²) < 4.78 is 13.0. The highest BCUT2D eigenvalue weighted by Crippen LogP contribution is 2.19. The molecular formula is C13H8FN. The Balaban J connectivity index is 2.50. The Morgan fingerprint density at radius 3 is 2.73 bits per heavy atom. The number of aromatic nitrogens is 1. The lowest BCUT2D eigenvalue weighted by Crippen LogP contribution is -1.84. The van der Waals surface area contributed by atoms with Gasteiger partial charge in [0.1, 0.15) is 5.82 Å². The molecule has 0 amide bonds. The molecule has 0 radical (unpaired) electrons. The fourth-order valence-electron chi connectivity index (χ4n) is 1.34. The van der Waals surface area contributed by atoms with Crippen molar-refractivity contribution >= 4 is 0 Å². The van der Waals surface area contributed by atoms with E-state index in [9.17, 15) is 4.39 Å². The van der Waals surface area contributed by atoms with Crippen molar-refractivity contribution in [2.45, 2.75) is 0 Å². The molecule has 0 atom stereocenters. The van der Waals surface area contributed by atoms with Crippen LogP contribution in [-0.4, -0.2) is 4.98 Å². The van der Waals surface area contributed by atoms with Crippen LogP contribution in [0.4, 0.5) is 4.39 Å². The summed E-state index contributed by atoms with van der Waals surface area (Å²) in [5.41, 5.74) is 2.29. The molecule has 0 aliphatic heterocycles. The smallest absolute Gasteiger partial charge is 0.123 e. The van der Waals surface area contributed by atoms with Crippen LogP contribution in [0.15, 0.2) is 42.7 Å². The van der Waals surface area contributed by atoms with Gasteiger partial charge in [0.05, 0.1) is 0 Å². The molecule has 1 aromatic carbocycles. The molecule has 1 aromatic heterocycles. The third kappa shape index (κ3) is 2.03. The maximum absolute atomic E-state index is 13.0. The number of halogens is 1. The third-order valence-electron chi connectivity index (χ3n) is 2.06. The van der Waals surface area contributed by atoms with Gasteiger partial charge in [-0.05, 0) is 23.8 Å². The predicted molar refractivity (Wildman–Crippen MR) is 57.6 cm³/mol. The Labute approximate surface area is 87.6 Å². The van der Waals surface area contributed by atoms with E-state index in [-0.39, 0.29) is 5.82 Å². The zero-order valence-corrected chi connectivity index (χ0v) is 7.94. The first-order valence-electron chi connectivity index (χ1n) is 4.47. The molecule has 0 saturated heterocycles. The minimum absolute atomic E-state index is 0.265. The fraction of sp³-hybridized carbons (Fsp3) is 0. The first kappa shape index (κ1) is 9.42. The minimum Gasteiger partial charge on any atom is -0.263 e. The Bertz CT molecular complexity index is 526. The summed E-state index contributed by atoms with van der Waals surface area (Å²) in [6.45, 7) is 0. The van der Waals surface area contributed by atoms with Crippen LogP contribution < -0.4 is 0 Å². The van der Waals surface area contributed by atoms with Crippen LogP contribution >= 0.6 is 0 Å². The Morgan fingerprint density at radius 1 is 1.13 bits per heavy atom. The molecule has 2 rings (SSSR count). The number of rotatable bonds is 1. The van der Waals surface area contributed by atoms with Gasteiger partial charge < -0.3 is 0 Å². The van der Waals surface area contributed by atoms with Crippen molar-refractivity contribution in [2.75, 3.05) is 0 Å². The van der Waals surface area contributed by atoms with Crippen LogP contribution in [0.5, 0.6) is 0 Å². The average molecular weight is 197 g/mol. The number of terminal acetylenes is 1. The fourth-order valence-corrected chi connectivity index (χ4v) is 1.34. The molecule has 0 fully saturated rings. The van der Waals surface area contributed by atoms with Crippen LogP contribution in [-0.2, 0) is 0 Å². The molecule has 0 N–H and O–H groups in total. The molecule has 0 bridgehead atoms. The molecule has 1 nitrogen and oxygen atoms in total. The van der Waals surface area contributed by atoms with E-state index in [0.717, 1.165) is 11.1 Å². The molecule has 15 heavy (non-hydrogen) atoms. The van der Waals surface area contributed by atoms with Gasteiger partial charge in [0, 0.05) is 23.5 Å². The molecule has 0 spiro atoms. The standard InChI is InChI=1S/C13H8FN/c1-2-10-6-12(9-15-8-10)11-4-3-5-13(14)7-11/h1,3-9H. The number of hydrogen-bond donors (Lipinski definition) is 0. The van der Waals surface area contributed by atoms with Crippen molar-refractivity contribution < 1.29 is 4.39 Å². The molecule has 2 aromatic rings. The maximum atomic E-state index is 13.0. The van der Waals surface area contributed by atoms with E-state index >= 15 is 0 Å². The van der Waals surface area contributed by atoms with Gasteiger partial charge in [0.25, 0.3) is 0 Å². The molecule has 1 heterocycles. The topological polar surface area (TPSA) is 12.9 Å². The highest BCUT2D eigenvalue weighted by atomic mass is 19.1. The second-order valence-corrected chi connectivity index (χ2v) is 3.12. The summed E-state index contributed by atoms with van der Waals surface area (Å²) in [5.74, 6) is 2.23. The highest BCUT2D eigenvalue weighted by Gasteiger charge is 1.99. The number of pyridine rings is 1. The third-order valence-corrected chi connectivity index (χ3v) is 2.06. The lowest BCUT2D eigenvalue weighted by molar-refractivity contribution is 0.628. The van der Waals surface area contributed by atoms with E-state index in [1.165, 1.54) is 12.1 Å². The van der Waals surface area contributed by atoms with Crippen LogP contribution in [0, 0.1) is 18.2 Å². The van der Waals surface area contributed by atoms with E-state index in [1.807, 2.05) is 12.1 Å². The van der Waals surface area contributed by atoms with Crippen LogP contribution in [0.2, 0.25) is 0 Å². The summed E-state index contributed by atoms with van der Waals surface area (Å²) in [5, 5.41) is 0. The lowest BCUT2D eigenvalue weighted by atomic mass is 10.1. The van der Waals surface area contributed by atoms with Crippen molar-refractivity contribution in [3.8, 4) is 23.5 Å². The molecule has 0 unspecified atom stereocenters. The van der Waals surface area contributed by atoms with Gasteiger partial charge in [-0.15, -0.1) is 6.42 Å². The first-order chi connectivity index (χ1) is 7.29. The van der Waals surface area contributed by atoms with Gasteiger partial charge >= 0.3 is 0 Å².